The van der Waals surface area contributed by atoms with Crippen LogP contribution in [0.5, 0.6) is 5.75 Å². The lowest BCUT2D eigenvalue weighted by Gasteiger charge is -2.13. The number of nitrogens with zero attached hydrogens (tertiary/aromatic N) is 2. The second kappa shape index (κ2) is 8.34. The van der Waals surface area contributed by atoms with Gasteiger partial charge in [0.1, 0.15) is 17.4 Å². The first-order valence-corrected chi connectivity index (χ1v) is 8.73. The van der Waals surface area contributed by atoms with Crippen LogP contribution >= 0.6 is 0 Å². The molecule has 1 aromatic heterocycles. The third-order valence-corrected chi connectivity index (χ3v) is 3.81. The number of hydrogen-bond acceptors (Lipinski definition) is 5. The molecule has 134 valence electrons. The molecule has 0 amide bonds. The van der Waals surface area contributed by atoms with Crippen molar-refractivity contribution in [3.05, 3.63) is 60.7 Å². The van der Waals surface area contributed by atoms with E-state index in [9.17, 15) is 0 Å². The first-order valence-electron chi connectivity index (χ1n) is 8.73. The van der Waals surface area contributed by atoms with E-state index < -0.39 is 0 Å². The molecule has 0 saturated heterocycles. The summed E-state index contributed by atoms with van der Waals surface area (Å²) in [6.07, 6.45) is 0. The van der Waals surface area contributed by atoms with Crippen LogP contribution in [0.2, 0.25) is 0 Å². The largest absolute Gasteiger partial charge is 0.497 e. The van der Waals surface area contributed by atoms with Gasteiger partial charge in [-0.1, -0.05) is 44.2 Å². The van der Waals surface area contributed by atoms with Crippen molar-refractivity contribution < 1.29 is 4.74 Å². The van der Waals surface area contributed by atoms with Gasteiger partial charge in [0.25, 0.3) is 0 Å². The Kier molecular flexibility index (Phi) is 5.69. The van der Waals surface area contributed by atoms with Crippen LogP contribution in [-0.2, 0) is 0 Å². The molecule has 2 aromatic carbocycles. The number of ether oxygens (including phenoxy) is 1. The molecule has 0 spiro atoms. The van der Waals surface area contributed by atoms with Crippen LogP contribution in [0.4, 0.5) is 17.3 Å². The van der Waals surface area contributed by atoms with E-state index in [4.69, 9.17) is 4.74 Å². The van der Waals surface area contributed by atoms with Gasteiger partial charge in [-0.2, -0.15) is 0 Å². The van der Waals surface area contributed by atoms with Crippen LogP contribution in [0, 0.1) is 5.92 Å². The smallest absolute Gasteiger partial charge is 0.163 e. The predicted molar refractivity (Wildman–Crippen MR) is 107 cm³/mol. The Labute approximate surface area is 154 Å². The average molecular weight is 348 g/mol. The van der Waals surface area contributed by atoms with E-state index in [0.29, 0.717) is 11.7 Å². The van der Waals surface area contributed by atoms with Gasteiger partial charge >= 0.3 is 0 Å². The molecule has 0 fully saturated rings. The van der Waals surface area contributed by atoms with Gasteiger partial charge in [-0.3, -0.25) is 0 Å². The molecule has 0 bridgehead atoms. The molecule has 2 N–H and O–H groups in total. The number of benzene rings is 2. The summed E-state index contributed by atoms with van der Waals surface area (Å²) < 4.78 is 5.21. The molecule has 1 heterocycles. The molecule has 0 aliphatic carbocycles. The Morgan fingerprint density at radius 2 is 1.62 bits per heavy atom. The quantitative estimate of drug-likeness (QED) is 0.632. The van der Waals surface area contributed by atoms with Crippen LogP contribution in [0.15, 0.2) is 60.7 Å². The molecule has 0 saturated carbocycles. The minimum atomic E-state index is 0.531. The Morgan fingerprint density at radius 1 is 0.923 bits per heavy atom. The Morgan fingerprint density at radius 3 is 2.27 bits per heavy atom. The van der Waals surface area contributed by atoms with Crippen molar-refractivity contribution in [2.75, 3.05) is 24.3 Å². The molecule has 0 aliphatic rings. The summed E-state index contributed by atoms with van der Waals surface area (Å²) >= 11 is 0. The van der Waals surface area contributed by atoms with Crippen molar-refractivity contribution in [2.24, 2.45) is 5.92 Å². The highest BCUT2D eigenvalue weighted by molar-refractivity contribution is 5.65. The van der Waals surface area contributed by atoms with E-state index in [0.717, 1.165) is 35.2 Å². The fraction of sp³-hybridized carbons (Fsp3) is 0.238. The van der Waals surface area contributed by atoms with Gasteiger partial charge in [0.15, 0.2) is 5.82 Å². The molecule has 26 heavy (non-hydrogen) atoms. The van der Waals surface area contributed by atoms with Crippen molar-refractivity contribution in [3.8, 4) is 17.1 Å². The monoisotopic (exact) mass is 348 g/mol. The molecule has 5 nitrogen and oxygen atoms in total. The normalized spacial score (nSPS) is 10.6. The Bertz CT molecular complexity index is 832. The molecular formula is C21H24N4O. The summed E-state index contributed by atoms with van der Waals surface area (Å²) in [7, 11) is 1.66. The number of nitrogens with one attached hydrogen (secondary N) is 2. The van der Waals surface area contributed by atoms with Gasteiger partial charge in [-0.05, 0) is 30.2 Å². The van der Waals surface area contributed by atoms with Crippen molar-refractivity contribution in [1.29, 1.82) is 0 Å². The number of anilines is 3. The van der Waals surface area contributed by atoms with Crippen LogP contribution in [0.25, 0.3) is 11.4 Å². The molecule has 0 aliphatic heterocycles. The lowest BCUT2D eigenvalue weighted by molar-refractivity contribution is 0.415. The summed E-state index contributed by atoms with van der Waals surface area (Å²) in [6.45, 7) is 5.19. The van der Waals surface area contributed by atoms with E-state index in [1.165, 1.54) is 0 Å². The summed E-state index contributed by atoms with van der Waals surface area (Å²) in [5.41, 5.74) is 1.93. The SMILES string of the molecule is COc1ccc(Nc2cc(NCC(C)C)nc(-c3ccccc3)n2)cc1. The van der Waals surface area contributed by atoms with E-state index in [1.54, 1.807) is 7.11 Å². The van der Waals surface area contributed by atoms with Gasteiger partial charge < -0.3 is 15.4 Å². The number of rotatable bonds is 7. The molecule has 0 radical (unpaired) electrons. The minimum Gasteiger partial charge on any atom is -0.497 e. The first-order chi connectivity index (χ1) is 12.6. The summed E-state index contributed by atoms with van der Waals surface area (Å²) in [6, 6.07) is 19.7. The van der Waals surface area contributed by atoms with Gasteiger partial charge in [-0.15, -0.1) is 0 Å². The van der Waals surface area contributed by atoms with Crippen LogP contribution in [-0.4, -0.2) is 23.6 Å². The number of aromatic nitrogens is 2. The maximum Gasteiger partial charge on any atom is 0.163 e. The summed E-state index contributed by atoms with van der Waals surface area (Å²) in [4.78, 5) is 9.34. The van der Waals surface area contributed by atoms with Crippen molar-refractivity contribution in [1.82, 2.24) is 9.97 Å². The maximum atomic E-state index is 5.21. The summed E-state index contributed by atoms with van der Waals surface area (Å²) in [5, 5.41) is 6.73. The van der Waals surface area contributed by atoms with Crippen molar-refractivity contribution >= 4 is 17.3 Å². The highest BCUT2D eigenvalue weighted by atomic mass is 16.5. The van der Waals surface area contributed by atoms with E-state index in [1.807, 2.05) is 60.7 Å². The lowest BCUT2D eigenvalue weighted by atomic mass is 10.2. The zero-order valence-corrected chi connectivity index (χ0v) is 15.4. The van der Waals surface area contributed by atoms with Gasteiger partial charge in [-0.25, -0.2) is 9.97 Å². The van der Waals surface area contributed by atoms with Gasteiger partial charge in [0.05, 0.1) is 7.11 Å². The van der Waals surface area contributed by atoms with Crippen molar-refractivity contribution in [2.45, 2.75) is 13.8 Å². The minimum absolute atomic E-state index is 0.531. The van der Waals surface area contributed by atoms with Crippen LogP contribution < -0.4 is 15.4 Å². The third-order valence-electron chi connectivity index (χ3n) is 3.81. The Hall–Kier alpha value is -3.08. The average Bonchev–Trinajstić information content (AvgIpc) is 2.67. The predicted octanol–water partition coefficient (Wildman–Crippen LogP) is 4.96. The standard InChI is InChI=1S/C21H24N4O/c1-15(2)14-22-19-13-20(23-17-9-11-18(26-3)12-10-17)25-21(24-19)16-7-5-4-6-8-16/h4-13,15H,14H2,1-3H3,(H2,22,23,24,25). The van der Waals surface area contributed by atoms with E-state index >= 15 is 0 Å². The zero-order valence-electron chi connectivity index (χ0n) is 15.4. The molecule has 5 heteroatoms. The molecule has 3 aromatic rings. The molecule has 0 atom stereocenters. The fourth-order valence-corrected chi connectivity index (χ4v) is 2.45. The van der Waals surface area contributed by atoms with Crippen LogP contribution in [0.1, 0.15) is 13.8 Å². The highest BCUT2D eigenvalue weighted by Gasteiger charge is 2.08. The molecule has 3 rings (SSSR count). The Balaban J connectivity index is 1.90. The lowest BCUT2D eigenvalue weighted by Crippen LogP contribution is -2.10. The van der Waals surface area contributed by atoms with E-state index in [2.05, 4.69) is 34.4 Å². The van der Waals surface area contributed by atoms with Crippen LogP contribution in [0.3, 0.4) is 0 Å². The topological polar surface area (TPSA) is 59.1 Å². The summed E-state index contributed by atoms with van der Waals surface area (Å²) in [5.74, 6) is 3.60. The maximum absolute atomic E-state index is 5.21. The fourth-order valence-electron chi connectivity index (χ4n) is 2.45. The second-order valence-electron chi connectivity index (χ2n) is 6.46. The third kappa shape index (κ3) is 4.72. The first kappa shape index (κ1) is 17.7. The van der Waals surface area contributed by atoms with Gasteiger partial charge in [0, 0.05) is 23.9 Å². The zero-order chi connectivity index (χ0) is 18.4. The highest BCUT2D eigenvalue weighted by Crippen LogP contribution is 2.24. The molecular weight excluding hydrogens is 324 g/mol. The van der Waals surface area contributed by atoms with E-state index in [-0.39, 0.29) is 0 Å². The molecule has 0 unspecified atom stereocenters. The van der Waals surface area contributed by atoms with Crippen molar-refractivity contribution in [3.63, 3.8) is 0 Å². The number of methoxy groups -OCH3 is 1. The number of hydrogen-bond donors (Lipinski definition) is 2. The van der Waals surface area contributed by atoms with Gasteiger partial charge in [0.2, 0.25) is 0 Å². The second-order valence-corrected chi connectivity index (χ2v) is 6.46.